The fourth-order valence-corrected chi connectivity index (χ4v) is 4.83. The molecule has 1 aliphatic rings. The van der Waals surface area contributed by atoms with Crippen LogP contribution in [0.2, 0.25) is 0 Å². The van der Waals surface area contributed by atoms with Crippen LogP contribution in [0.1, 0.15) is 31.7 Å². The summed E-state index contributed by atoms with van der Waals surface area (Å²) < 4.78 is 10.7. The minimum Gasteiger partial charge on any atom is -0.493 e. The van der Waals surface area contributed by atoms with Crippen LogP contribution in [0.15, 0.2) is 60.7 Å². The molecule has 2 heterocycles. The molecule has 1 aliphatic heterocycles. The van der Waals surface area contributed by atoms with E-state index in [1.165, 1.54) is 0 Å². The van der Waals surface area contributed by atoms with Gasteiger partial charge in [-0.2, -0.15) is 0 Å². The molecule has 0 bridgehead atoms. The summed E-state index contributed by atoms with van der Waals surface area (Å²) in [6.07, 6.45) is 2.97. The van der Waals surface area contributed by atoms with Crippen LogP contribution in [0, 0.1) is 0 Å². The predicted molar refractivity (Wildman–Crippen MR) is 156 cm³/mol. The number of benzene rings is 2. The van der Waals surface area contributed by atoms with Crippen LogP contribution < -0.4 is 14.4 Å². The molecule has 40 heavy (non-hydrogen) atoms. The molecule has 4 rings (SSSR count). The Hall–Kier alpha value is -4.14. The minimum atomic E-state index is -0.00532. The molecule has 1 fully saturated rings. The van der Waals surface area contributed by atoms with Gasteiger partial charge < -0.3 is 24.2 Å². The number of anilines is 1. The van der Waals surface area contributed by atoms with Crippen molar-refractivity contribution in [3.63, 3.8) is 0 Å². The number of nitrogens with zero attached hydrogens (tertiary/aromatic N) is 5. The summed E-state index contributed by atoms with van der Waals surface area (Å²) >= 11 is 0. The van der Waals surface area contributed by atoms with E-state index < -0.39 is 0 Å². The zero-order valence-corrected chi connectivity index (χ0v) is 23.7. The van der Waals surface area contributed by atoms with E-state index in [1.807, 2.05) is 65.6 Å². The van der Waals surface area contributed by atoms with Gasteiger partial charge in [0.05, 0.1) is 32.9 Å². The van der Waals surface area contributed by atoms with Crippen molar-refractivity contribution in [1.29, 1.82) is 0 Å². The Morgan fingerprint density at radius 3 is 2.40 bits per heavy atom. The third-order valence-corrected chi connectivity index (χ3v) is 7.16. The van der Waals surface area contributed by atoms with E-state index in [-0.39, 0.29) is 18.4 Å². The molecule has 0 atom stereocenters. The van der Waals surface area contributed by atoms with Crippen molar-refractivity contribution in [2.75, 3.05) is 58.4 Å². The predicted octanol–water partition coefficient (Wildman–Crippen LogP) is 4.07. The third-order valence-electron chi connectivity index (χ3n) is 7.16. The number of ether oxygens (including phenoxy) is 2. The Labute approximate surface area is 236 Å². The van der Waals surface area contributed by atoms with Gasteiger partial charge >= 0.3 is 0 Å². The first-order chi connectivity index (χ1) is 19.5. The van der Waals surface area contributed by atoms with Crippen molar-refractivity contribution >= 4 is 17.6 Å². The highest BCUT2D eigenvalue weighted by Crippen LogP contribution is 2.31. The summed E-state index contributed by atoms with van der Waals surface area (Å²) in [5, 5.41) is 8.93. The molecular formula is C31H39N5O4. The Morgan fingerprint density at radius 1 is 0.900 bits per heavy atom. The number of methoxy groups -OCH3 is 2. The second-order valence-electron chi connectivity index (χ2n) is 9.90. The number of hydrogen-bond donors (Lipinski definition) is 0. The first-order valence-corrected chi connectivity index (χ1v) is 13.9. The summed E-state index contributed by atoms with van der Waals surface area (Å²) in [6, 6.07) is 19.3. The second-order valence-corrected chi connectivity index (χ2v) is 9.90. The van der Waals surface area contributed by atoms with E-state index in [2.05, 4.69) is 22.0 Å². The van der Waals surface area contributed by atoms with Crippen molar-refractivity contribution in [2.45, 2.75) is 32.6 Å². The summed E-state index contributed by atoms with van der Waals surface area (Å²) in [5.74, 6) is 2.07. The summed E-state index contributed by atoms with van der Waals surface area (Å²) in [4.78, 5) is 32.1. The van der Waals surface area contributed by atoms with Crippen molar-refractivity contribution in [3.05, 3.63) is 66.2 Å². The standard InChI is InChI=1S/C31H39N5O4/c1-4-5-16-36(30(37)21-24-10-7-6-8-11-24)23-31(38)35-18-9-17-34(19-20-35)29-15-13-26(32-33-29)25-12-14-27(39-2)28(22-25)40-3/h6-8,10-15,22H,4-5,9,16-21,23H2,1-3H3. The highest BCUT2D eigenvalue weighted by atomic mass is 16.5. The molecule has 0 aliphatic carbocycles. The lowest BCUT2D eigenvalue weighted by Gasteiger charge is -2.27. The summed E-state index contributed by atoms with van der Waals surface area (Å²) in [7, 11) is 3.21. The van der Waals surface area contributed by atoms with Crippen molar-refractivity contribution in [2.24, 2.45) is 0 Å². The molecule has 9 nitrogen and oxygen atoms in total. The fourth-order valence-electron chi connectivity index (χ4n) is 4.83. The van der Waals surface area contributed by atoms with E-state index >= 15 is 0 Å². The zero-order chi connectivity index (χ0) is 28.3. The topological polar surface area (TPSA) is 88.1 Å². The van der Waals surface area contributed by atoms with Gasteiger partial charge in [-0.05, 0) is 48.7 Å². The SMILES string of the molecule is CCCCN(CC(=O)N1CCCN(c2ccc(-c3ccc(OC)c(OC)c3)nn2)CC1)C(=O)Cc1ccccc1. The molecular weight excluding hydrogens is 506 g/mol. The van der Waals surface area contributed by atoms with E-state index in [0.29, 0.717) is 44.1 Å². The van der Waals surface area contributed by atoms with Crippen LogP contribution in [0.5, 0.6) is 11.5 Å². The molecule has 1 aromatic heterocycles. The zero-order valence-electron chi connectivity index (χ0n) is 23.7. The highest BCUT2D eigenvalue weighted by molar-refractivity contribution is 5.86. The first-order valence-electron chi connectivity index (χ1n) is 13.9. The Kier molecular flexibility index (Phi) is 10.3. The van der Waals surface area contributed by atoms with Crippen molar-refractivity contribution in [3.8, 4) is 22.8 Å². The molecule has 9 heteroatoms. The summed E-state index contributed by atoms with van der Waals surface area (Å²) in [5.41, 5.74) is 2.59. The van der Waals surface area contributed by atoms with Gasteiger partial charge in [0, 0.05) is 38.3 Å². The number of carbonyl (C=O) groups excluding carboxylic acids is 2. The molecule has 2 aromatic carbocycles. The van der Waals surface area contributed by atoms with E-state index in [4.69, 9.17) is 9.47 Å². The van der Waals surface area contributed by atoms with Crippen molar-refractivity contribution in [1.82, 2.24) is 20.0 Å². The van der Waals surface area contributed by atoms with Gasteiger partial charge in [-0.15, -0.1) is 10.2 Å². The molecule has 212 valence electrons. The van der Waals surface area contributed by atoms with Crippen LogP contribution in [-0.2, 0) is 16.0 Å². The lowest BCUT2D eigenvalue weighted by atomic mass is 10.1. The fraction of sp³-hybridized carbons (Fsp3) is 0.419. The van der Waals surface area contributed by atoms with Gasteiger partial charge in [-0.1, -0.05) is 43.7 Å². The number of carbonyl (C=O) groups is 2. The number of unbranched alkanes of at least 4 members (excludes halogenated alkanes) is 1. The molecule has 0 spiro atoms. The van der Waals surface area contributed by atoms with E-state index in [9.17, 15) is 9.59 Å². The molecule has 0 radical (unpaired) electrons. The molecule has 3 aromatic rings. The van der Waals surface area contributed by atoms with Crippen LogP contribution in [0.25, 0.3) is 11.3 Å². The average molecular weight is 546 g/mol. The molecule has 1 saturated heterocycles. The van der Waals surface area contributed by atoms with Gasteiger partial charge in [0.2, 0.25) is 11.8 Å². The Morgan fingerprint density at radius 2 is 1.70 bits per heavy atom. The van der Waals surface area contributed by atoms with Crippen LogP contribution in [0.4, 0.5) is 5.82 Å². The summed E-state index contributed by atoms with van der Waals surface area (Å²) in [6.45, 7) is 5.47. The normalized spacial score (nSPS) is 13.5. The largest absolute Gasteiger partial charge is 0.493 e. The molecule has 0 saturated carbocycles. The maximum atomic E-state index is 13.3. The Bertz CT molecular complexity index is 1250. The first kappa shape index (κ1) is 28.9. The van der Waals surface area contributed by atoms with Gasteiger partial charge in [0.1, 0.15) is 0 Å². The molecule has 0 unspecified atom stereocenters. The van der Waals surface area contributed by atoms with Crippen molar-refractivity contribution < 1.29 is 19.1 Å². The van der Waals surface area contributed by atoms with Gasteiger partial charge in [0.25, 0.3) is 0 Å². The van der Waals surface area contributed by atoms with E-state index in [1.54, 1.807) is 19.1 Å². The maximum Gasteiger partial charge on any atom is 0.242 e. The lowest BCUT2D eigenvalue weighted by molar-refractivity contribution is -0.140. The molecule has 2 amide bonds. The second kappa shape index (κ2) is 14.3. The maximum absolute atomic E-state index is 13.3. The highest BCUT2D eigenvalue weighted by Gasteiger charge is 2.24. The third kappa shape index (κ3) is 7.49. The monoisotopic (exact) mass is 545 g/mol. The number of rotatable bonds is 11. The van der Waals surface area contributed by atoms with Crippen LogP contribution in [0.3, 0.4) is 0 Å². The number of hydrogen-bond acceptors (Lipinski definition) is 7. The van der Waals surface area contributed by atoms with Gasteiger partial charge in [0.15, 0.2) is 17.3 Å². The van der Waals surface area contributed by atoms with E-state index in [0.717, 1.165) is 48.4 Å². The van der Waals surface area contributed by atoms with Gasteiger partial charge in [-0.25, -0.2) is 0 Å². The van der Waals surface area contributed by atoms with Crippen LogP contribution >= 0.6 is 0 Å². The molecule has 0 N–H and O–H groups in total. The smallest absolute Gasteiger partial charge is 0.242 e. The minimum absolute atomic E-state index is 0.00528. The van der Waals surface area contributed by atoms with Crippen LogP contribution in [-0.4, -0.2) is 85.3 Å². The number of amides is 2. The number of aromatic nitrogens is 2. The Balaban J connectivity index is 1.36. The lowest BCUT2D eigenvalue weighted by Crippen LogP contribution is -2.45. The van der Waals surface area contributed by atoms with Gasteiger partial charge in [-0.3, -0.25) is 9.59 Å². The quantitative estimate of drug-likeness (QED) is 0.359. The average Bonchev–Trinajstić information content (AvgIpc) is 3.26.